The molecule has 1 saturated heterocycles. The van der Waals surface area contributed by atoms with Crippen LogP contribution in [0.15, 0.2) is 16.6 Å². The van der Waals surface area contributed by atoms with Gasteiger partial charge in [0.1, 0.15) is 0 Å². The summed E-state index contributed by atoms with van der Waals surface area (Å²) in [6.45, 7) is 2.45. The van der Waals surface area contributed by atoms with Gasteiger partial charge in [0.25, 0.3) is 0 Å². The quantitative estimate of drug-likeness (QED) is 0.817. The Balaban J connectivity index is 2.15. The number of nitrogens with one attached hydrogen (secondary N) is 1. The Hall–Kier alpha value is -0.790. The van der Waals surface area contributed by atoms with Crippen LogP contribution in [-0.4, -0.2) is 26.9 Å². The standard InChI is InChI=1S/C12H17BrN2O3S/c1-8-5-9(13)6-11(14)12(8)15-19(16,17)7-10-3-2-4-18-10/h5-6,10,15H,2-4,7,14H2,1H3. The lowest BCUT2D eigenvalue weighted by Crippen LogP contribution is -2.26. The van der Waals surface area contributed by atoms with Crippen molar-refractivity contribution < 1.29 is 13.2 Å². The van der Waals surface area contributed by atoms with Crippen molar-refractivity contribution in [2.45, 2.75) is 25.9 Å². The Morgan fingerprint density at radius 3 is 2.84 bits per heavy atom. The van der Waals surface area contributed by atoms with Gasteiger partial charge in [-0.05, 0) is 37.5 Å². The minimum absolute atomic E-state index is 0.0258. The first-order chi connectivity index (χ1) is 8.87. The predicted molar refractivity (Wildman–Crippen MR) is 79.7 cm³/mol. The number of halogens is 1. The van der Waals surface area contributed by atoms with Crippen LogP contribution in [0.3, 0.4) is 0 Å². The summed E-state index contributed by atoms with van der Waals surface area (Å²) in [5.41, 5.74) is 7.48. The molecule has 0 radical (unpaired) electrons. The van der Waals surface area contributed by atoms with E-state index in [2.05, 4.69) is 20.7 Å². The first-order valence-electron chi connectivity index (χ1n) is 6.05. The SMILES string of the molecule is Cc1cc(Br)cc(N)c1NS(=O)(=O)CC1CCCO1. The van der Waals surface area contributed by atoms with E-state index in [0.717, 1.165) is 22.9 Å². The Labute approximate surface area is 121 Å². The molecule has 1 unspecified atom stereocenters. The molecule has 5 nitrogen and oxygen atoms in total. The lowest BCUT2D eigenvalue weighted by atomic mass is 10.2. The second kappa shape index (κ2) is 5.68. The van der Waals surface area contributed by atoms with Crippen LogP contribution in [-0.2, 0) is 14.8 Å². The fourth-order valence-electron chi connectivity index (χ4n) is 2.13. The zero-order valence-corrected chi connectivity index (χ0v) is 13.1. The van der Waals surface area contributed by atoms with Gasteiger partial charge in [-0.15, -0.1) is 0 Å². The topological polar surface area (TPSA) is 81.4 Å². The minimum Gasteiger partial charge on any atom is -0.397 e. The first kappa shape index (κ1) is 14.6. The lowest BCUT2D eigenvalue weighted by molar-refractivity contribution is 0.127. The maximum absolute atomic E-state index is 12.1. The number of hydrogen-bond acceptors (Lipinski definition) is 4. The second-order valence-corrected chi connectivity index (χ2v) is 7.39. The maximum atomic E-state index is 12.1. The molecule has 3 N–H and O–H groups in total. The normalized spacial score (nSPS) is 19.6. The third-order valence-corrected chi connectivity index (χ3v) is 4.80. The van der Waals surface area contributed by atoms with E-state index in [1.165, 1.54) is 0 Å². The number of benzene rings is 1. The van der Waals surface area contributed by atoms with Crippen LogP contribution in [0.4, 0.5) is 11.4 Å². The van der Waals surface area contributed by atoms with Crippen molar-refractivity contribution in [2.24, 2.45) is 0 Å². The molecule has 1 aromatic carbocycles. The number of nitrogens with two attached hydrogens (primary N) is 1. The van der Waals surface area contributed by atoms with E-state index in [1.807, 2.05) is 13.0 Å². The summed E-state index contributed by atoms with van der Waals surface area (Å²) < 4.78 is 32.9. The molecule has 7 heteroatoms. The van der Waals surface area contributed by atoms with Gasteiger partial charge in [0, 0.05) is 11.1 Å². The highest BCUT2D eigenvalue weighted by atomic mass is 79.9. The maximum Gasteiger partial charge on any atom is 0.235 e. The molecular formula is C12H17BrN2O3S. The molecule has 0 spiro atoms. The molecule has 0 aromatic heterocycles. The number of aryl methyl sites for hydroxylation is 1. The minimum atomic E-state index is -3.45. The van der Waals surface area contributed by atoms with E-state index in [4.69, 9.17) is 10.5 Å². The average Bonchev–Trinajstić information content (AvgIpc) is 2.75. The van der Waals surface area contributed by atoms with E-state index >= 15 is 0 Å². The van der Waals surface area contributed by atoms with Gasteiger partial charge in [-0.1, -0.05) is 15.9 Å². The number of hydrogen-bond donors (Lipinski definition) is 2. The Bertz CT molecular complexity index is 545. The first-order valence-corrected chi connectivity index (χ1v) is 8.49. The van der Waals surface area contributed by atoms with Crippen molar-refractivity contribution in [1.29, 1.82) is 0 Å². The molecule has 0 saturated carbocycles. The van der Waals surface area contributed by atoms with Gasteiger partial charge < -0.3 is 10.5 Å². The van der Waals surface area contributed by atoms with Gasteiger partial charge in [0.2, 0.25) is 10.0 Å². The van der Waals surface area contributed by atoms with Gasteiger partial charge in [-0.25, -0.2) is 8.42 Å². The highest BCUT2D eigenvalue weighted by Gasteiger charge is 2.24. The van der Waals surface area contributed by atoms with Crippen molar-refractivity contribution in [2.75, 3.05) is 22.8 Å². The van der Waals surface area contributed by atoms with Crippen molar-refractivity contribution >= 4 is 37.3 Å². The third kappa shape index (κ3) is 3.84. The third-order valence-electron chi connectivity index (χ3n) is 3.02. The fraction of sp³-hybridized carbons (Fsp3) is 0.500. The largest absolute Gasteiger partial charge is 0.397 e. The molecule has 1 aliphatic rings. The van der Waals surface area contributed by atoms with Crippen LogP contribution in [0.1, 0.15) is 18.4 Å². The Morgan fingerprint density at radius 1 is 1.53 bits per heavy atom. The molecule has 106 valence electrons. The molecule has 19 heavy (non-hydrogen) atoms. The predicted octanol–water partition coefficient (Wildman–Crippen LogP) is 2.26. The highest BCUT2D eigenvalue weighted by molar-refractivity contribution is 9.10. The van der Waals surface area contributed by atoms with Crippen LogP contribution in [0.2, 0.25) is 0 Å². The molecule has 1 aliphatic heterocycles. The number of nitrogen functional groups attached to an aromatic ring is 1. The van der Waals surface area contributed by atoms with Gasteiger partial charge in [0.15, 0.2) is 0 Å². The van der Waals surface area contributed by atoms with Crippen LogP contribution in [0, 0.1) is 6.92 Å². The molecule has 1 fully saturated rings. The summed E-state index contributed by atoms with van der Waals surface area (Å²) in [5.74, 6) is -0.0258. The molecule has 0 aliphatic carbocycles. The summed E-state index contributed by atoms with van der Waals surface area (Å²) in [4.78, 5) is 0. The summed E-state index contributed by atoms with van der Waals surface area (Å²) in [7, 11) is -3.45. The lowest BCUT2D eigenvalue weighted by Gasteiger charge is -2.15. The Kier molecular flexibility index (Phi) is 4.37. The van der Waals surface area contributed by atoms with Gasteiger partial charge in [0.05, 0.1) is 23.2 Å². The number of rotatable bonds is 4. The van der Waals surface area contributed by atoms with Crippen molar-refractivity contribution in [1.82, 2.24) is 0 Å². The number of ether oxygens (including phenoxy) is 1. The van der Waals surface area contributed by atoms with Crippen molar-refractivity contribution in [3.8, 4) is 0 Å². The molecule has 1 atom stereocenters. The molecule has 2 rings (SSSR count). The zero-order chi connectivity index (χ0) is 14.0. The van der Waals surface area contributed by atoms with E-state index in [1.54, 1.807) is 6.07 Å². The smallest absolute Gasteiger partial charge is 0.235 e. The van der Waals surface area contributed by atoms with Crippen molar-refractivity contribution in [3.05, 3.63) is 22.2 Å². The van der Waals surface area contributed by atoms with Gasteiger partial charge in [-0.3, -0.25) is 4.72 Å². The summed E-state index contributed by atoms with van der Waals surface area (Å²) >= 11 is 3.32. The second-order valence-electron chi connectivity index (χ2n) is 4.71. The van der Waals surface area contributed by atoms with E-state index in [0.29, 0.717) is 18.0 Å². The highest BCUT2D eigenvalue weighted by Crippen LogP contribution is 2.29. The molecule has 1 aromatic rings. The van der Waals surface area contributed by atoms with E-state index in [-0.39, 0.29) is 11.9 Å². The van der Waals surface area contributed by atoms with Crippen LogP contribution in [0.25, 0.3) is 0 Å². The molecule has 0 bridgehead atoms. The zero-order valence-electron chi connectivity index (χ0n) is 10.6. The number of sulfonamides is 1. The van der Waals surface area contributed by atoms with Gasteiger partial charge >= 0.3 is 0 Å². The summed E-state index contributed by atoms with van der Waals surface area (Å²) in [5, 5.41) is 0. The Morgan fingerprint density at radius 2 is 2.26 bits per heavy atom. The van der Waals surface area contributed by atoms with Crippen molar-refractivity contribution in [3.63, 3.8) is 0 Å². The fourth-order valence-corrected chi connectivity index (χ4v) is 4.14. The van der Waals surface area contributed by atoms with Crippen LogP contribution >= 0.6 is 15.9 Å². The number of anilines is 2. The molecular weight excluding hydrogens is 332 g/mol. The average molecular weight is 349 g/mol. The van der Waals surface area contributed by atoms with E-state index < -0.39 is 10.0 Å². The molecule has 0 amide bonds. The van der Waals surface area contributed by atoms with Gasteiger partial charge in [-0.2, -0.15) is 0 Å². The molecule has 1 heterocycles. The van der Waals surface area contributed by atoms with Crippen LogP contribution < -0.4 is 10.5 Å². The van der Waals surface area contributed by atoms with E-state index in [9.17, 15) is 8.42 Å². The monoisotopic (exact) mass is 348 g/mol. The summed E-state index contributed by atoms with van der Waals surface area (Å²) in [6.07, 6.45) is 1.49. The van der Waals surface area contributed by atoms with Crippen LogP contribution in [0.5, 0.6) is 0 Å². The summed E-state index contributed by atoms with van der Waals surface area (Å²) in [6, 6.07) is 3.50.